The average molecular weight is 413 g/mol. The SMILES string of the molecule is CCN(CC)c1ccc(C(c2ccc(N(CC)CC)cc2)S(=O)(=O)[O-])cc1.[Na+]. The van der Waals surface area contributed by atoms with Gasteiger partial charge in [0.15, 0.2) is 0 Å². The van der Waals surface area contributed by atoms with Gasteiger partial charge in [-0.15, -0.1) is 0 Å². The molecule has 0 atom stereocenters. The van der Waals surface area contributed by atoms with Crippen LogP contribution in [0.4, 0.5) is 11.4 Å². The van der Waals surface area contributed by atoms with Crippen molar-refractivity contribution in [1.82, 2.24) is 0 Å². The summed E-state index contributed by atoms with van der Waals surface area (Å²) < 4.78 is 36.1. The number of benzene rings is 2. The van der Waals surface area contributed by atoms with E-state index in [2.05, 4.69) is 37.5 Å². The summed E-state index contributed by atoms with van der Waals surface area (Å²) in [5, 5.41) is -1.20. The van der Waals surface area contributed by atoms with Gasteiger partial charge in [-0.3, -0.25) is 0 Å². The topological polar surface area (TPSA) is 63.7 Å². The zero-order valence-electron chi connectivity index (χ0n) is 17.6. The predicted molar refractivity (Wildman–Crippen MR) is 112 cm³/mol. The van der Waals surface area contributed by atoms with Crippen molar-refractivity contribution in [1.29, 1.82) is 0 Å². The van der Waals surface area contributed by atoms with E-state index in [4.69, 9.17) is 0 Å². The first-order valence-electron chi connectivity index (χ1n) is 9.50. The minimum atomic E-state index is -4.54. The van der Waals surface area contributed by atoms with Gasteiger partial charge < -0.3 is 14.4 Å². The van der Waals surface area contributed by atoms with Crippen LogP contribution in [0.25, 0.3) is 0 Å². The molecule has 0 aliphatic heterocycles. The zero-order valence-corrected chi connectivity index (χ0v) is 20.4. The van der Waals surface area contributed by atoms with E-state index >= 15 is 0 Å². The van der Waals surface area contributed by atoms with Gasteiger partial charge in [0.1, 0.15) is 10.1 Å². The maximum atomic E-state index is 12.0. The standard InChI is InChI=1S/C21H30N2O3S.Na/c1-5-22(6-2)19-13-9-17(10-14-19)21(27(24,25)26)18-11-15-20(16-12-18)23(7-3)8-4;/h9-16,21H,5-8H2,1-4H3,(H,24,25,26);/q;+1/p-1. The summed E-state index contributed by atoms with van der Waals surface area (Å²) >= 11 is 0. The second-order valence-electron chi connectivity index (χ2n) is 6.40. The Morgan fingerprint density at radius 3 is 1.21 bits per heavy atom. The molecule has 0 unspecified atom stereocenters. The zero-order chi connectivity index (χ0) is 20.0. The minimum absolute atomic E-state index is 0. The van der Waals surface area contributed by atoms with Crippen molar-refractivity contribution in [2.45, 2.75) is 32.9 Å². The number of anilines is 2. The van der Waals surface area contributed by atoms with Crippen molar-refractivity contribution in [3.8, 4) is 0 Å². The first-order chi connectivity index (χ1) is 12.8. The molecular weight excluding hydrogens is 383 g/mol. The smallest absolute Gasteiger partial charge is 0.747 e. The summed E-state index contributed by atoms with van der Waals surface area (Å²) in [6, 6.07) is 14.5. The van der Waals surface area contributed by atoms with Gasteiger partial charge in [0.2, 0.25) is 0 Å². The molecule has 2 aromatic rings. The summed E-state index contributed by atoms with van der Waals surface area (Å²) in [5.74, 6) is 0. The molecule has 0 bridgehead atoms. The van der Waals surface area contributed by atoms with Crippen molar-refractivity contribution in [2.75, 3.05) is 36.0 Å². The molecule has 7 heteroatoms. The summed E-state index contributed by atoms with van der Waals surface area (Å²) in [6.07, 6.45) is 0. The molecule has 0 aromatic heterocycles. The van der Waals surface area contributed by atoms with Crippen molar-refractivity contribution < 1.29 is 42.5 Å². The van der Waals surface area contributed by atoms with Crippen molar-refractivity contribution in [3.63, 3.8) is 0 Å². The van der Waals surface area contributed by atoms with Crippen LogP contribution in [0.1, 0.15) is 44.1 Å². The molecule has 148 valence electrons. The van der Waals surface area contributed by atoms with E-state index in [0.717, 1.165) is 37.6 Å². The van der Waals surface area contributed by atoms with Crippen LogP contribution < -0.4 is 39.4 Å². The molecule has 0 aliphatic rings. The Morgan fingerprint density at radius 2 is 1.00 bits per heavy atom. The fourth-order valence-corrected chi connectivity index (χ4v) is 4.40. The number of hydrogen-bond donors (Lipinski definition) is 0. The van der Waals surface area contributed by atoms with E-state index in [0.29, 0.717) is 11.1 Å². The number of nitrogens with zero attached hydrogens (tertiary/aromatic N) is 2. The molecule has 28 heavy (non-hydrogen) atoms. The Balaban J connectivity index is 0.00000392. The van der Waals surface area contributed by atoms with Crippen LogP contribution >= 0.6 is 0 Å². The van der Waals surface area contributed by atoms with Crippen LogP contribution in [-0.2, 0) is 10.1 Å². The van der Waals surface area contributed by atoms with Crippen LogP contribution in [0.5, 0.6) is 0 Å². The van der Waals surface area contributed by atoms with Gasteiger partial charge in [-0.25, -0.2) is 8.42 Å². The summed E-state index contributed by atoms with van der Waals surface area (Å²) in [7, 11) is -4.54. The summed E-state index contributed by atoms with van der Waals surface area (Å²) in [4.78, 5) is 4.34. The normalized spacial score (nSPS) is 11.2. The fourth-order valence-electron chi connectivity index (χ4n) is 3.42. The largest absolute Gasteiger partial charge is 1.00 e. The molecule has 0 radical (unpaired) electrons. The number of rotatable bonds is 9. The van der Waals surface area contributed by atoms with E-state index in [1.807, 2.05) is 24.3 Å². The molecule has 0 saturated heterocycles. The molecule has 0 spiro atoms. The van der Waals surface area contributed by atoms with Crippen molar-refractivity contribution >= 4 is 21.5 Å². The van der Waals surface area contributed by atoms with E-state index in [1.54, 1.807) is 24.3 Å². The molecule has 0 aliphatic carbocycles. The predicted octanol–water partition coefficient (Wildman–Crippen LogP) is 1.02. The van der Waals surface area contributed by atoms with Crippen LogP contribution in [0.3, 0.4) is 0 Å². The van der Waals surface area contributed by atoms with Crippen molar-refractivity contribution in [2.24, 2.45) is 0 Å². The first-order valence-corrected chi connectivity index (χ1v) is 11.0. The Hall–Kier alpha value is -1.05. The third kappa shape index (κ3) is 5.97. The maximum Gasteiger partial charge on any atom is 1.00 e. The molecule has 0 N–H and O–H groups in total. The number of hydrogen-bond acceptors (Lipinski definition) is 5. The maximum absolute atomic E-state index is 12.0. The summed E-state index contributed by atoms with van der Waals surface area (Å²) in [6.45, 7) is 11.7. The van der Waals surface area contributed by atoms with E-state index in [-0.39, 0.29) is 29.6 Å². The third-order valence-electron chi connectivity index (χ3n) is 4.94. The third-order valence-corrected chi connectivity index (χ3v) is 6.06. The molecule has 2 rings (SSSR count). The van der Waals surface area contributed by atoms with Crippen LogP contribution in [0.2, 0.25) is 0 Å². The molecular formula is C21H29N2NaO3S. The fraction of sp³-hybridized carbons (Fsp3) is 0.429. The Morgan fingerprint density at radius 1 is 0.714 bits per heavy atom. The average Bonchev–Trinajstić information content (AvgIpc) is 2.65. The Bertz CT molecular complexity index is 760. The van der Waals surface area contributed by atoms with Gasteiger partial charge in [-0.1, -0.05) is 24.3 Å². The molecule has 5 nitrogen and oxygen atoms in total. The van der Waals surface area contributed by atoms with Gasteiger partial charge in [-0.2, -0.15) is 0 Å². The molecule has 2 aromatic carbocycles. The van der Waals surface area contributed by atoms with E-state index < -0.39 is 15.4 Å². The van der Waals surface area contributed by atoms with Gasteiger partial charge in [0.05, 0.1) is 5.25 Å². The molecule has 0 heterocycles. The van der Waals surface area contributed by atoms with E-state index in [1.165, 1.54) is 0 Å². The van der Waals surface area contributed by atoms with Gasteiger partial charge in [-0.05, 0) is 63.1 Å². The Kier molecular flexibility index (Phi) is 10.0. The molecule has 0 fully saturated rings. The first kappa shape index (κ1) is 25.0. The van der Waals surface area contributed by atoms with E-state index in [9.17, 15) is 13.0 Å². The minimum Gasteiger partial charge on any atom is -0.747 e. The summed E-state index contributed by atoms with van der Waals surface area (Å²) in [5.41, 5.74) is 3.03. The van der Waals surface area contributed by atoms with Crippen LogP contribution in [0.15, 0.2) is 48.5 Å². The molecule has 0 amide bonds. The van der Waals surface area contributed by atoms with Crippen LogP contribution in [-0.4, -0.2) is 39.1 Å². The van der Waals surface area contributed by atoms with Crippen LogP contribution in [0, 0.1) is 0 Å². The quantitative estimate of drug-likeness (QED) is 0.455. The Labute approximate surface area is 191 Å². The second-order valence-corrected chi connectivity index (χ2v) is 7.86. The monoisotopic (exact) mass is 412 g/mol. The van der Waals surface area contributed by atoms with Gasteiger partial charge >= 0.3 is 29.6 Å². The van der Waals surface area contributed by atoms with Crippen molar-refractivity contribution in [3.05, 3.63) is 59.7 Å². The second kappa shape index (κ2) is 11.2. The van der Waals surface area contributed by atoms with Gasteiger partial charge in [0.25, 0.3) is 0 Å². The molecule has 0 saturated carbocycles. The van der Waals surface area contributed by atoms with Gasteiger partial charge in [0, 0.05) is 37.6 Å².